The molecule has 0 aliphatic rings. The zero-order valence-electron chi connectivity index (χ0n) is 27.1. The van der Waals surface area contributed by atoms with Gasteiger partial charge in [0.1, 0.15) is 5.69 Å². The minimum Gasteiger partial charge on any atom is -0.318 e. The fraction of sp³-hybridized carbons (Fsp3) is 0.0698. The normalized spacial score (nSPS) is 10.3. The number of hydrogen-bond acceptors (Lipinski definition) is 3. The minimum absolute atomic E-state index is 0. The molecule has 4 heterocycles. The molecule has 8 rings (SSSR count). The number of hydrogen-bond donors (Lipinski definition) is 0. The summed E-state index contributed by atoms with van der Waals surface area (Å²) in [5, 5.41) is 2.61. The van der Waals surface area contributed by atoms with Crippen molar-refractivity contribution < 1.29 is 24.7 Å². The summed E-state index contributed by atoms with van der Waals surface area (Å²) in [4.78, 5) is 8.96. The molecule has 0 unspecified atom stereocenters. The molecule has 0 saturated carbocycles. The van der Waals surface area contributed by atoms with Gasteiger partial charge in [0.05, 0.1) is 5.69 Å². The van der Waals surface area contributed by atoms with Crippen LogP contribution in [0.2, 0.25) is 0 Å². The third-order valence-electron chi connectivity index (χ3n) is 7.67. The van der Waals surface area contributed by atoms with Crippen LogP contribution >= 0.6 is 11.3 Å². The van der Waals surface area contributed by atoms with Crippen LogP contribution in [0.3, 0.4) is 0 Å². The fourth-order valence-electron chi connectivity index (χ4n) is 5.18. The van der Waals surface area contributed by atoms with Crippen LogP contribution < -0.4 is 4.57 Å². The summed E-state index contributed by atoms with van der Waals surface area (Å²) < 4.78 is 4.51. The van der Waals surface area contributed by atoms with Crippen LogP contribution in [0.1, 0.15) is 17.0 Å². The topological polar surface area (TPSA) is 29.7 Å². The molecular formula is C43H34IrN3S-3. The smallest absolute Gasteiger partial charge is 0.115 e. The van der Waals surface area contributed by atoms with E-state index in [0.29, 0.717) is 0 Å². The maximum atomic E-state index is 4.54. The van der Waals surface area contributed by atoms with Gasteiger partial charge in [-0.25, -0.2) is 0 Å². The van der Waals surface area contributed by atoms with Crippen LogP contribution in [-0.2, 0) is 20.1 Å². The van der Waals surface area contributed by atoms with Crippen LogP contribution in [0.25, 0.3) is 53.9 Å². The first-order valence-electron chi connectivity index (χ1n) is 15.4. The standard InChI is InChI=1S/C18H12NS.C13H12N.C12H10N.Ir/c1-12-9-10-16(19-11-12)15-7-4-6-14-13-5-2-3-8-17(13)20-18(14)15;1-11-7-6-10-13(14(11)2)12-8-4-3-5-9-12;1-10-6-5-9-12(13-10)11-7-3-2-4-8-11;/h2-6,8-11H,1H3;3-8,10H,2H2,1H3;2-7,9H,1H3;/q3*-1;. The molecule has 0 aliphatic heterocycles. The number of aromatic nitrogens is 3. The van der Waals surface area contributed by atoms with Crippen molar-refractivity contribution >= 4 is 31.5 Å². The monoisotopic (exact) mass is 817 g/mol. The molecule has 1 radical (unpaired) electrons. The largest absolute Gasteiger partial charge is 0.318 e. The van der Waals surface area contributed by atoms with Crippen molar-refractivity contribution in [2.45, 2.75) is 20.8 Å². The Morgan fingerprint density at radius 1 is 0.625 bits per heavy atom. The van der Waals surface area contributed by atoms with E-state index in [1.165, 1.54) is 25.7 Å². The fourth-order valence-corrected chi connectivity index (χ4v) is 6.39. The molecular weight excluding hydrogens is 783 g/mol. The molecule has 0 atom stereocenters. The average Bonchev–Trinajstić information content (AvgIpc) is 3.50. The number of fused-ring (bicyclic) bond motifs is 3. The van der Waals surface area contributed by atoms with Gasteiger partial charge in [-0.2, -0.15) is 11.3 Å². The first kappa shape index (κ1) is 34.4. The van der Waals surface area contributed by atoms with Gasteiger partial charge in [-0.1, -0.05) is 65.5 Å². The van der Waals surface area contributed by atoms with Crippen molar-refractivity contribution in [2.75, 3.05) is 0 Å². The summed E-state index contributed by atoms with van der Waals surface area (Å²) in [5.74, 6) is 0. The van der Waals surface area contributed by atoms with Crippen molar-refractivity contribution in [1.29, 1.82) is 0 Å². The third-order valence-corrected chi connectivity index (χ3v) is 8.88. The SMILES string of the molecule is Cc1ccc(-c2[c-]ccc3c2sc2ccccc23)nc1.Cc1cccc(-c2[c-]cccc2)n1.[CH2-][n+]1c(C)cccc1-c1[c-]cccc1.[Ir]. The van der Waals surface area contributed by atoms with Gasteiger partial charge in [0.25, 0.3) is 0 Å². The van der Waals surface area contributed by atoms with Crippen molar-refractivity contribution in [3.63, 3.8) is 0 Å². The van der Waals surface area contributed by atoms with E-state index in [9.17, 15) is 0 Å². The maximum absolute atomic E-state index is 4.54. The Hall–Kier alpha value is -4.93. The van der Waals surface area contributed by atoms with E-state index in [0.717, 1.165) is 45.2 Å². The minimum atomic E-state index is 0. The Labute approximate surface area is 301 Å². The molecule has 239 valence electrons. The van der Waals surface area contributed by atoms with Gasteiger partial charge >= 0.3 is 0 Å². The predicted molar refractivity (Wildman–Crippen MR) is 196 cm³/mol. The number of benzene rings is 4. The molecule has 48 heavy (non-hydrogen) atoms. The molecule has 0 N–H and O–H groups in total. The van der Waals surface area contributed by atoms with E-state index in [4.69, 9.17) is 0 Å². The quantitative estimate of drug-likeness (QED) is 0.131. The third kappa shape index (κ3) is 8.13. The number of pyridine rings is 3. The van der Waals surface area contributed by atoms with E-state index in [1.54, 1.807) is 0 Å². The van der Waals surface area contributed by atoms with Gasteiger partial charge in [-0.3, -0.25) is 0 Å². The van der Waals surface area contributed by atoms with Gasteiger partial charge in [0, 0.05) is 43.7 Å². The molecule has 4 aromatic heterocycles. The van der Waals surface area contributed by atoms with Crippen molar-refractivity contribution in [3.8, 4) is 33.8 Å². The van der Waals surface area contributed by atoms with Gasteiger partial charge in [-0.15, -0.1) is 90.0 Å². The summed E-state index contributed by atoms with van der Waals surface area (Å²) in [6.07, 6.45) is 1.91. The van der Waals surface area contributed by atoms with E-state index in [-0.39, 0.29) is 20.1 Å². The van der Waals surface area contributed by atoms with E-state index >= 15 is 0 Å². The van der Waals surface area contributed by atoms with Gasteiger partial charge in [-0.05, 0) is 66.0 Å². The summed E-state index contributed by atoms with van der Waals surface area (Å²) in [6.45, 7) is 6.09. The Morgan fingerprint density at radius 3 is 2.06 bits per heavy atom. The van der Waals surface area contributed by atoms with Crippen molar-refractivity contribution in [1.82, 2.24) is 9.97 Å². The van der Waals surface area contributed by atoms with Gasteiger partial charge < -0.3 is 14.5 Å². The summed E-state index contributed by atoms with van der Waals surface area (Å²) in [6, 6.07) is 54.5. The van der Waals surface area contributed by atoms with E-state index in [2.05, 4.69) is 84.6 Å². The van der Waals surface area contributed by atoms with Gasteiger partial charge in [0.2, 0.25) is 0 Å². The molecule has 0 amide bonds. The van der Waals surface area contributed by atoms with Gasteiger partial charge in [0.15, 0.2) is 0 Å². The summed E-state index contributed by atoms with van der Waals surface area (Å²) in [5.41, 5.74) is 9.65. The molecule has 0 aliphatic carbocycles. The predicted octanol–water partition coefficient (Wildman–Crippen LogP) is 10.5. The second kappa shape index (κ2) is 16.3. The second-order valence-corrected chi connectivity index (χ2v) is 12.2. The first-order chi connectivity index (χ1) is 23.0. The Morgan fingerprint density at radius 2 is 1.35 bits per heavy atom. The van der Waals surface area contributed by atoms with Crippen LogP contribution in [0, 0.1) is 46.0 Å². The zero-order chi connectivity index (χ0) is 32.6. The average molecular weight is 817 g/mol. The Kier molecular flexibility index (Phi) is 11.7. The van der Waals surface area contributed by atoms with E-state index in [1.807, 2.05) is 127 Å². The maximum Gasteiger partial charge on any atom is 0.115 e. The number of rotatable bonds is 3. The summed E-state index contributed by atoms with van der Waals surface area (Å²) in [7, 11) is 3.99. The molecule has 4 aromatic carbocycles. The van der Waals surface area contributed by atoms with Crippen molar-refractivity contribution in [2.24, 2.45) is 0 Å². The zero-order valence-corrected chi connectivity index (χ0v) is 30.3. The first-order valence-corrected chi connectivity index (χ1v) is 16.2. The summed E-state index contributed by atoms with van der Waals surface area (Å²) >= 11 is 1.82. The number of thiophene rings is 1. The van der Waals surface area contributed by atoms with Crippen LogP contribution in [-0.4, -0.2) is 9.97 Å². The molecule has 0 spiro atoms. The molecule has 0 bridgehead atoms. The van der Waals surface area contributed by atoms with Crippen LogP contribution in [0.5, 0.6) is 0 Å². The van der Waals surface area contributed by atoms with Crippen LogP contribution in [0.4, 0.5) is 0 Å². The van der Waals surface area contributed by atoms with E-state index < -0.39 is 0 Å². The number of nitrogens with zero attached hydrogens (tertiary/aromatic N) is 3. The Balaban J connectivity index is 0.000000144. The molecule has 3 nitrogen and oxygen atoms in total. The molecule has 0 saturated heterocycles. The number of aryl methyl sites for hydroxylation is 3. The molecule has 5 heteroatoms. The van der Waals surface area contributed by atoms with Crippen molar-refractivity contribution in [3.05, 3.63) is 182 Å². The van der Waals surface area contributed by atoms with Crippen LogP contribution in [0.15, 0.2) is 140 Å². The Bertz CT molecular complexity index is 2230. The molecule has 0 fully saturated rings. The second-order valence-electron chi connectivity index (χ2n) is 11.1. The molecule has 8 aromatic rings.